The minimum absolute atomic E-state index is 0.0670. The fourth-order valence-electron chi connectivity index (χ4n) is 2.08. The van der Waals surface area contributed by atoms with Crippen molar-refractivity contribution in [3.8, 4) is 0 Å². The molecule has 0 bridgehead atoms. The molecule has 2 rings (SSSR count). The van der Waals surface area contributed by atoms with E-state index < -0.39 is 5.91 Å². The second kappa shape index (κ2) is 9.53. The molecule has 0 aliphatic carbocycles. The summed E-state index contributed by atoms with van der Waals surface area (Å²) in [5, 5.41) is 7.67. The predicted molar refractivity (Wildman–Crippen MR) is 104 cm³/mol. The molecule has 0 atom stereocenters. The summed E-state index contributed by atoms with van der Waals surface area (Å²) in [4.78, 5) is 35.7. The van der Waals surface area contributed by atoms with Gasteiger partial charge in [0.25, 0.3) is 5.91 Å². The van der Waals surface area contributed by atoms with Crippen LogP contribution in [0.4, 0.5) is 5.69 Å². The zero-order chi connectivity index (χ0) is 18.9. The van der Waals surface area contributed by atoms with E-state index in [0.29, 0.717) is 5.69 Å². The molecule has 3 N–H and O–H groups in total. The number of rotatable bonds is 6. The molecule has 0 aliphatic rings. The molecule has 0 spiro atoms. The maximum atomic E-state index is 12.3. The fourth-order valence-corrected chi connectivity index (χ4v) is 2.46. The van der Waals surface area contributed by atoms with Gasteiger partial charge in [-0.05, 0) is 39.7 Å². The van der Waals surface area contributed by atoms with Crippen LogP contribution < -0.4 is 16.0 Å². The van der Waals surface area contributed by atoms with Gasteiger partial charge in [-0.3, -0.25) is 14.4 Å². The smallest absolute Gasteiger partial charge is 0.268 e. The highest BCUT2D eigenvalue weighted by Crippen LogP contribution is 2.20. The Morgan fingerprint density at radius 2 is 1.65 bits per heavy atom. The first-order valence-corrected chi connectivity index (χ1v) is 8.62. The molecule has 6 nitrogen and oxygen atoms in total. The third-order valence-corrected chi connectivity index (χ3v) is 3.91. The van der Waals surface area contributed by atoms with Crippen LogP contribution in [0.1, 0.15) is 12.5 Å². The Kier molecular flexibility index (Phi) is 7.11. The van der Waals surface area contributed by atoms with Gasteiger partial charge in [0.1, 0.15) is 5.70 Å². The van der Waals surface area contributed by atoms with Crippen molar-refractivity contribution in [1.82, 2.24) is 10.6 Å². The van der Waals surface area contributed by atoms with Gasteiger partial charge in [-0.25, -0.2) is 0 Å². The molecule has 0 aromatic heterocycles. The van der Waals surface area contributed by atoms with Gasteiger partial charge in [-0.1, -0.05) is 42.5 Å². The van der Waals surface area contributed by atoms with Gasteiger partial charge in [0.05, 0.1) is 12.2 Å². The number of carbonyl (C=O) groups excluding carboxylic acids is 3. The van der Waals surface area contributed by atoms with Crippen molar-refractivity contribution >= 4 is 45.4 Å². The van der Waals surface area contributed by atoms with E-state index in [9.17, 15) is 14.4 Å². The third-order valence-electron chi connectivity index (χ3n) is 3.22. The maximum absolute atomic E-state index is 12.3. The SMILES string of the molecule is CC(=O)N/C(=C\c1ccccc1)C(=O)NCC(=O)Nc1ccccc1Br. The van der Waals surface area contributed by atoms with Crippen LogP contribution in [0.25, 0.3) is 6.08 Å². The lowest BCUT2D eigenvalue weighted by Crippen LogP contribution is -2.38. The summed E-state index contributed by atoms with van der Waals surface area (Å²) < 4.78 is 0.739. The van der Waals surface area contributed by atoms with Crippen molar-refractivity contribution in [3.05, 3.63) is 70.3 Å². The van der Waals surface area contributed by atoms with Gasteiger partial charge in [-0.2, -0.15) is 0 Å². The third kappa shape index (κ3) is 6.18. The van der Waals surface area contributed by atoms with Gasteiger partial charge < -0.3 is 16.0 Å². The van der Waals surface area contributed by atoms with Crippen LogP contribution in [-0.2, 0) is 14.4 Å². The highest BCUT2D eigenvalue weighted by Gasteiger charge is 2.13. The van der Waals surface area contributed by atoms with E-state index in [1.165, 1.54) is 6.92 Å². The van der Waals surface area contributed by atoms with Gasteiger partial charge in [0.15, 0.2) is 0 Å². The van der Waals surface area contributed by atoms with E-state index in [2.05, 4.69) is 31.9 Å². The van der Waals surface area contributed by atoms with E-state index in [0.717, 1.165) is 10.0 Å². The molecule has 26 heavy (non-hydrogen) atoms. The van der Waals surface area contributed by atoms with Gasteiger partial charge in [0, 0.05) is 11.4 Å². The molecular formula is C19H18BrN3O3. The zero-order valence-electron chi connectivity index (χ0n) is 14.1. The number of halogens is 1. The largest absolute Gasteiger partial charge is 0.342 e. The van der Waals surface area contributed by atoms with Crippen LogP contribution >= 0.6 is 15.9 Å². The molecule has 7 heteroatoms. The fraction of sp³-hybridized carbons (Fsp3) is 0.105. The summed E-state index contributed by atoms with van der Waals surface area (Å²) in [5.41, 5.74) is 1.43. The van der Waals surface area contributed by atoms with Crippen LogP contribution in [0, 0.1) is 0 Å². The molecule has 0 saturated carbocycles. The van der Waals surface area contributed by atoms with Crippen molar-refractivity contribution < 1.29 is 14.4 Å². The number of nitrogens with one attached hydrogen (secondary N) is 3. The first-order chi connectivity index (χ1) is 12.5. The molecular weight excluding hydrogens is 398 g/mol. The van der Waals surface area contributed by atoms with E-state index in [4.69, 9.17) is 0 Å². The summed E-state index contributed by atoms with van der Waals surface area (Å²) in [5.74, 6) is -1.31. The van der Waals surface area contributed by atoms with E-state index in [1.807, 2.05) is 24.3 Å². The average Bonchev–Trinajstić information content (AvgIpc) is 2.61. The minimum atomic E-state index is -0.550. The normalized spacial score (nSPS) is 10.8. The summed E-state index contributed by atoms with van der Waals surface area (Å²) in [6, 6.07) is 16.2. The standard InChI is InChI=1S/C19H18BrN3O3/c1-13(24)22-17(11-14-7-3-2-4-8-14)19(26)21-12-18(25)23-16-10-6-5-9-15(16)20/h2-11H,12H2,1H3,(H,21,26)(H,22,24)(H,23,25)/b17-11-. The Labute approximate surface area is 159 Å². The van der Waals surface area contributed by atoms with Crippen LogP contribution in [0.2, 0.25) is 0 Å². The Morgan fingerprint density at radius 1 is 1.00 bits per heavy atom. The average molecular weight is 416 g/mol. The van der Waals surface area contributed by atoms with Crippen LogP contribution in [0.5, 0.6) is 0 Å². The number of para-hydroxylation sites is 1. The summed E-state index contributed by atoms with van der Waals surface area (Å²) >= 11 is 3.33. The lowest BCUT2D eigenvalue weighted by molar-refractivity contribution is -0.123. The zero-order valence-corrected chi connectivity index (χ0v) is 15.7. The Morgan fingerprint density at radius 3 is 2.31 bits per heavy atom. The number of carbonyl (C=O) groups is 3. The molecule has 3 amide bonds. The predicted octanol–water partition coefficient (Wildman–Crippen LogP) is 2.68. The second-order valence-corrected chi connectivity index (χ2v) is 6.21. The first-order valence-electron chi connectivity index (χ1n) is 7.82. The molecule has 0 fully saturated rings. The van der Waals surface area contributed by atoms with Crippen molar-refractivity contribution in [2.45, 2.75) is 6.92 Å². The number of anilines is 1. The molecule has 2 aromatic rings. The van der Waals surface area contributed by atoms with E-state index >= 15 is 0 Å². The summed E-state index contributed by atoms with van der Waals surface area (Å²) in [6.45, 7) is 1.08. The van der Waals surface area contributed by atoms with Crippen molar-refractivity contribution in [1.29, 1.82) is 0 Å². The van der Waals surface area contributed by atoms with E-state index in [1.54, 1.807) is 36.4 Å². The van der Waals surface area contributed by atoms with Crippen molar-refractivity contribution in [2.24, 2.45) is 0 Å². The number of amides is 3. The number of hydrogen-bond acceptors (Lipinski definition) is 3. The Hall–Kier alpha value is -2.93. The van der Waals surface area contributed by atoms with Crippen LogP contribution in [-0.4, -0.2) is 24.3 Å². The molecule has 2 aromatic carbocycles. The maximum Gasteiger partial charge on any atom is 0.268 e. The number of hydrogen-bond donors (Lipinski definition) is 3. The molecule has 0 heterocycles. The van der Waals surface area contributed by atoms with E-state index in [-0.39, 0.29) is 24.1 Å². The summed E-state index contributed by atoms with van der Waals surface area (Å²) in [6.07, 6.45) is 1.54. The molecule has 0 saturated heterocycles. The van der Waals surface area contributed by atoms with Gasteiger partial charge in [0.2, 0.25) is 11.8 Å². The van der Waals surface area contributed by atoms with Crippen LogP contribution in [0.15, 0.2) is 64.8 Å². The monoisotopic (exact) mass is 415 g/mol. The quantitative estimate of drug-likeness (QED) is 0.633. The minimum Gasteiger partial charge on any atom is -0.342 e. The lowest BCUT2D eigenvalue weighted by atomic mass is 10.2. The van der Waals surface area contributed by atoms with Crippen LogP contribution in [0.3, 0.4) is 0 Å². The molecule has 134 valence electrons. The summed E-state index contributed by atoms with van der Waals surface area (Å²) in [7, 11) is 0. The lowest BCUT2D eigenvalue weighted by Gasteiger charge is -2.11. The molecule has 0 radical (unpaired) electrons. The van der Waals surface area contributed by atoms with Crippen molar-refractivity contribution in [2.75, 3.05) is 11.9 Å². The second-order valence-electron chi connectivity index (χ2n) is 5.36. The highest BCUT2D eigenvalue weighted by molar-refractivity contribution is 9.10. The van der Waals surface area contributed by atoms with Crippen molar-refractivity contribution in [3.63, 3.8) is 0 Å². The first kappa shape index (κ1) is 19.4. The Balaban J connectivity index is 2.00. The van der Waals surface area contributed by atoms with Gasteiger partial charge in [-0.15, -0.1) is 0 Å². The topological polar surface area (TPSA) is 87.3 Å². The number of benzene rings is 2. The highest BCUT2D eigenvalue weighted by atomic mass is 79.9. The molecule has 0 aliphatic heterocycles. The Bertz CT molecular complexity index is 835. The van der Waals surface area contributed by atoms with Gasteiger partial charge >= 0.3 is 0 Å². The molecule has 0 unspecified atom stereocenters.